The van der Waals surface area contributed by atoms with E-state index in [-0.39, 0.29) is 6.10 Å². The fourth-order valence-electron chi connectivity index (χ4n) is 2.11. The Morgan fingerprint density at radius 3 is 2.42 bits per heavy atom. The highest BCUT2D eigenvalue weighted by Crippen LogP contribution is 2.21. The summed E-state index contributed by atoms with van der Waals surface area (Å²) in [4.78, 5) is 0. The van der Waals surface area contributed by atoms with Crippen LogP contribution in [-0.4, -0.2) is 47.5 Å². The van der Waals surface area contributed by atoms with Crippen molar-refractivity contribution in [2.24, 2.45) is 5.41 Å². The molecule has 24 heavy (non-hydrogen) atoms. The van der Waals surface area contributed by atoms with Gasteiger partial charge in [-0.2, -0.15) is 0 Å². The number of hydrogen-bond acceptors (Lipinski definition) is 5. The zero-order valence-electron chi connectivity index (χ0n) is 16.1. The summed E-state index contributed by atoms with van der Waals surface area (Å²) >= 11 is 0. The predicted molar refractivity (Wildman–Crippen MR) is 94.9 cm³/mol. The van der Waals surface area contributed by atoms with Gasteiger partial charge in [-0.1, -0.05) is 32.4 Å². The lowest BCUT2D eigenvalue weighted by molar-refractivity contribution is 0.0419. The zero-order chi connectivity index (χ0) is 17.8. The Balaban J connectivity index is 1.93. The minimum atomic E-state index is 0.201. The second-order valence-electron chi connectivity index (χ2n) is 7.58. The van der Waals surface area contributed by atoms with Crippen LogP contribution in [0.25, 0.3) is 0 Å². The molecule has 0 saturated heterocycles. The van der Waals surface area contributed by atoms with Gasteiger partial charge in [0, 0.05) is 6.61 Å². The first kappa shape index (κ1) is 21.1. The first-order valence-electron chi connectivity index (χ1n) is 9.03. The molecule has 0 unspecified atom stereocenters. The van der Waals surface area contributed by atoms with Crippen LogP contribution in [0.15, 0.2) is 6.20 Å². The van der Waals surface area contributed by atoms with Crippen LogP contribution < -0.4 is 0 Å². The van der Waals surface area contributed by atoms with E-state index in [0.717, 1.165) is 18.7 Å². The van der Waals surface area contributed by atoms with Crippen molar-refractivity contribution in [2.45, 2.75) is 73.1 Å². The summed E-state index contributed by atoms with van der Waals surface area (Å²) in [5.41, 5.74) is 1.27. The standard InChI is InChI=1S/C18H35N3O3/c1-16(2)24-15-17-14-21(20-19-17)9-11-23-13-12-22-10-7-6-8-18(3,4)5/h14,16H,6-13,15H2,1-5H3. The molecule has 0 atom stereocenters. The van der Waals surface area contributed by atoms with E-state index >= 15 is 0 Å². The first-order valence-corrected chi connectivity index (χ1v) is 9.03. The van der Waals surface area contributed by atoms with Crippen molar-refractivity contribution in [3.05, 3.63) is 11.9 Å². The second kappa shape index (κ2) is 11.6. The van der Waals surface area contributed by atoms with E-state index in [1.807, 2.05) is 20.0 Å². The van der Waals surface area contributed by atoms with Crippen molar-refractivity contribution >= 4 is 0 Å². The normalized spacial score (nSPS) is 12.2. The van der Waals surface area contributed by atoms with E-state index in [1.54, 1.807) is 4.68 Å². The van der Waals surface area contributed by atoms with Crippen LogP contribution in [0.5, 0.6) is 0 Å². The van der Waals surface area contributed by atoms with E-state index in [4.69, 9.17) is 14.2 Å². The van der Waals surface area contributed by atoms with Crippen LogP contribution >= 0.6 is 0 Å². The molecule has 0 amide bonds. The van der Waals surface area contributed by atoms with Crippen LogP contribution in [-0.2, 0) is 27.4 Å². The van der Waals surface area contributed by atoms with Crippen LogP contribution in [0.4, 0.5) is 0 Å². The Bertz CT molecular complexity index is 427. The highest BCUT2D eigenvalue weighted by molar-refractivity contribution is 4.89. The molecule has 0 aliphatic heterocycles. The van der Waals surface area contributed by atoms with Crippen LogP contribution in [0.1, 0.15) is 59.6 Å². The van der Waals surface area contributed by atoms with E-state index in [0.29, 0.717) is 38.4 Å². The molecular formula is C18H35N3O3. The van der Waals surface area contributed by atoms with Gasteiger partial charge in [0.15, 0.2) is 0 Å². The molecular weight excluding hydrogens is 306 g/mol. The fourth-order valence-corrected chi connectivity index (χ4v) is 2.11. The molecule has 0 saturated carbocycles. The van der Waals surface area contributed by atoms with Crippen molar-refractivity contribution < 1.29 is 14.2 Å². The quantitative estimate of drug-likeness (QED) is 0.514. The first-order chi connectivity index (χ1) is 11.4. The summed E-state index contributed by atoms with van der Waals surface area (Å²) in [6.45, 7) is 14.7. The van der Waals surface area contributed by atoms with E-state index in [1.165, 1.54) is 12.8 Å². The maximum absolute atomic E-state index is 5.58. The van der Waals surface area contributed by atoms with Gasteiger partial charge in [-0.15, -0.1) is 5.10 Å². The Kier molecular flexibility index (Phi) is 10.1. The summed E-state index contributed by atoms with van der Waals surface area (Å²) < 4.78 is 18.4. The molecule has 6 heteroatoms. The van der Waals surface area contributed by atoms with Gasteiger partial charge in [0.2, 0.25) is 0 Å². The third kappa shape index (κ3) is 11.5. The summed E-state index contributed by atoms with van der Waals surface area (Å²) in [5.74, 6) is 0. The number of rotatable bonds is 13. The molecule has 1 aromatic rings. The van der Waals surface area contributed by atoms with Gasteiger partial charge in [-0.05, 0) is 32.1 Å². The maximum atomic E-state index is 5.58. The van der Waals surface area contributed by atoms with E-state index in [2.05, 4.69) is 31.1 Å². The Hall–Kier alpha value is -0.980. The van der Waals surface area contributed by atoms with Crippen molar-refractivity contribution in [3.8, 4) is 0 Å². The summed E-state index contributed by atoms with van der Waals surface area (Å²) in [6.07, 6.45) is 5.69. The summed E-state index contributed by atoms with van der Waals surface area (Å²) in [7, 11) is 0. The Labute approximate surface area is 146 Å². The van der Waals surface area contributed by atoms with Gasteiger partial charge >= 0.3 is 0 Å². The largest absolute Gasteiger partial charge is 0.379 e. The summed E-state index contributed by atoms with van der Waals surface area (Å²) in [6, 6.07) is 0. The van der Waals surface area contributed by atoms with Crippen LogP contribution in [0.3, 0.4) is 0 Å². The van der Waals surface area contributed by atoms with Crippen LogP contribution in [0.2, 0.25) is 0 Å². The van der Waals surface area contributed by atoms with Crippen LogP contribution in [0, 0.1) is 5.41 Å². The smallest absolute Gasteiger partial charge is 0.108 e. The average Bonchev–Trinajstić information content (AvgIpc) is 2.94. The highest BCUT2D eigenvalue weighted by atomic mass is 16.5. The lowest BCUT2D eigenvalue weighted by Crippen LogP contribution is -2.11. The van der Waals surface area contributed by atoms with E-state index in [9.17, 15) is 0 Å². The monoisotopic (exact) mass is 341 g/mol. The van der Waals surface area contributed by atoms with Crippen molar-refractivity contribution in [3.63, 3.8) is 0 Å². The molecule has 0 bridgehead atoms. The number of unbranched alkanes of at least 4 members (excludes halogenated alkanes) is 1. The highest BCUT2D eigenvalue weighted by Gasteiger charge is 2.08. The van der Waals surface area contributed by atoms with E-state index < -0.39 is 0 Å². The third-order valence-corrected chi connectivity index (χ3v) is 3.45. The van der Waals surface area contributed by atoms with Gasteiger partial charge in [0.1, 0.15) is 5.69 Å². The lowest BCUT2D eigenvalue weighted by atomic mass is 9.90. The molecule has 0 aliphatic rings. The Morgan fingerprint density at radius 2 is 1.75 bits per heavy atom. The van der Waals surface area contributed by atoms with Crippen molar-refractivity contribution in [1.82, 2.24) is 15.0 Å². The van der Waals surface area contributed by atoms with Gasteiger partial charge in [0.05, 0.1) is 45.3 Å². The van der Waals surface area contributed by atoms with Gasteiger partial charge in [-0.25, -0.2) is 4.68 Å². The van der Waals surface area contributed by atoms with Gasteiger partial charge in [-0.3, -0.25) is 0 Å². The van der Waals surface area contributed by atoms with Crippen molar-refractivity contribution in [1.29, 1.82) is 0 Å². The number of ether oxygens (including phenoxy) is 3. The number of hydrogen-bond donors (Lipinski definition) is 0. The zero-order valence-corrected chi connectivity index (χ0v) is 16.1. The SMILES string of the molecule is CC(C)OCc1cn(CCOCCOCCCCC(C)(C)C)nn1. The molecule has 1 heterocycles. The Morgan fingerprint density at radius 1 is 1.04 bits per heavy atom. The topological polar surface area (TPSA) is 58.4 Å². The molecule has 1 rings (SSSR count). The van der Waals surface area contributed by atoms with Gasteiger partial charge < -0.3 is 14.2 Å². The molecule has 0 fully saturated rings. The fraction of sp³-hybridized carbons (Fsp3) is 0.889. The molecule has 1 aromatic heterocycles. The number of aromatic nitrogens is 3. The minimum Gasteiger partial charge on any atom is -0.379 e. The summed E-state index contributed by atoms with van der Waals surface area (Å²) in [5, 5.41) is 8.13. The maximum Gasteiger partial charge on any atom is 0.108 e. The van der Waals surface area contributed by atoms with Crippen molar-refractivity contribution in [2.75, 3.05) is 26.4 Å². The third-order valence-electron chi connectivity index (χ3n) is 3.45. The van der Waals surface area contributed by atoms with Gasteiger partial charge in [0.25, 0.3) is 0 Å². The molecule has 0 aromatic carbocycles. The molecule has 0 spiro atoms. The molecule has 6 nitrogen and oxygen atoms in total. The predicted octanol–water partition coefficient (Wildman–Crippen LogP) is 3.45. The average molecular weight is 341 g/mol. The number of nitrogens with zero attached hydrogens (tertiary/aromatic N) is 3. The lowest BCUT2D eigenvalue weighted by Gasteiger charge is -2.17. The molecule has 0 aliphatic carbocycles. The second-order valence-corrected chi connectivity index (χ2v) is 7.58. The molecule has 0 radical (unpaired) electrons. The molecule has 140 valence electrons. The molecule has 0 N–H and O–H groups in total. The minimum absolute atomic E-state index is 0.201.